The van der Waals surface area contributed by atoms with Crippen LogP contribution in [-0.4, -0.2) is 51.8 Å². The van der Waals surface area contributed by atoms with E-state index >= 15 is 0 Å². The minimum Gasteiger partial charge on any atom is -0.378 e. The zero-order valence-electron chi connectivity index (χ0n) is 17.9. The van der Waals surface area contributed by atoms with Gasteiger partial charge in [0.05, 0.1) is 13.2 Å². The number of para-hydroxylation sites is 1. The van der Waals surface area contributed by atoms with E-state index in [4.69, 9.17) is 4.74 Å². The van der Waals surface area contributed by atoms with Gasteiger partial charge in [0.1, 0.15) is 5.25 Å². The number of fused-ring (bicyclic) bond motifs is 1. The fourth-order valence-electron chi connectivity index (χ4n) is 4.06. The maximum absolute atomic E-state index is 13.8. The molecule has 0 unspecified atom stereocenters. The van der Waals surface area contributed by atoms with Crippen molar-refractivity contribution in [3.05, 3.63) is 71.9 Å². The maximum atomic E-state index is 13.8. The topological polar surface area (TPSA) is 76.0 Å². The van der Waals surface area contributed by atoms with Crippen LogP contribution in [0.5, 0.6) is 0 Å². The SMILES string of the molecule is CCn1c(S[C@H](C(=O)c2c[nH]c3ccccc23)c2ccccc2)nnc1N1CCOCC1. The number of anilines is 1. The highest BCUT2D eigenvalue weighted by Crippen LogP contribution is 2.39. The molecule has 7 nitrogen and oxygen atoms in total. The highest BCUT2D eigenvalue weighted by atomic mass is 32.2. The van der Waals surface area contributed by atoms with Crippen LogP contribution in [0.3, 0.4) is 0 Å². The molecule has 8 heteroatoms. The average Bonchev–Trinajstić information content (AvgIpc) is 3.47. The second kappa shape index (κ2) is 9.18. The van der Waals surface area contributed by atoms with Crippen LogP contribution in [0.2, 0.25) is 0 Å². The normalized spacial score (nSPS) is 15.2. The van der Waals surface area contributed by atoms with Crippen LogP contribution in [0.4, 0.5) is 5.95 Å². The van der Waals surface area contributed by atoms with Gasteiger partial charge >= 0.3 is 0 Å². The maximum Gasteiger partial charge on any atom is 0.228 e. The van der Waals surface area contributed by atoms with Crippen LogP contribution in [0, 0.1) is 0 Å². The first kappa shape index (κ1) is 20.8. The lowest BCUT2D eigenvalue weighted by Crippen LogP contribution is -2.38. The van der Waals surface area contributed by atoms with Gasteiger partial charge in [-0.25, -0.2) is 0 Å². The molecule has 1 aliphatic rings. The first-order valence-electron chi connectivity index (χ1n) is 10.8. The number of hydrogen-bond donors (Lipinski definition) is 1. The summed E-state index contributed by atoms with van der Waals surface area (Å²) in [5.41, 5.74) is 2.60. The van der Waals surface area contributed by atoms with Gasteiger partial charge in [-0.05, 0) is 18.6 Å². The van der Waals surface area contributed by atoms with Crippen LogP contribution in [0.25, 0.3) is 10.9 Å². The lowest BCUT2D eigenvalue weighted by atomic mass is 10.0. The Morgan fingerprint density at radius 3 is 2.62 bits per heavy atom. The second-order valence-electron chi connectivity index (χ2n) is 7.65. The summed E-state index contributed by atoms with van der Waals surface area (Å²) in [7, 11) is 0. The monoisotopic (exact) mass is 447 g/mol. The van der Waals surface area contributed by atoms with Gasteiger partial charge in [-0.15, -0.1) is 10.2 Å². The number of ether oxygens (including phenoxy) is 1. The smallest absolute Gasteiger partial charge is 0.228 e. The summed E-state index contributed by atoms with van der Waals surface area (Å²) in [4.78, 5) is 19.2. The van der Waals surface area contributed by atoms with Gasteiger partial charge in [-0.3, -0.25) is 9.36 Å². The molecular formula is C24H25N5O2S. The fourth-order valence-corrected chi connectivity index (χ4v) is 5.23. The summed E-state index contributed by atoms with van der Waals surface area (Å²) in [5.74, 6) is 0.891. The number of aromatic nitrogens is 4. The van der Waals surface area contributed by atoms with Gasteiger partial charge in [-0.1, -0.05) is 60.3 Å². The first-order valence-corrected chi connectivity index (χ1v) is 11.7. The number of carbonyl (C=O) groups excluding carboxylic acids is 1. The molecule has 32 heavy (non-hydrogen) atoms. The van der Waals surface area contributed by atoms with Crippen molar-refractivity contribution in [3.63, 3.8) is 0 Å². The number of morpholine rings is 1. The van der Waals surface area contributed by atoms with E-state index in [1.165, 1.54) is 11.8 Å². The zero-order valence-corrected chi connectivity index (χ0v) is 18.7. The Bertz CT molecular complexity index is 1210. The van der Waals surface area contributed by atoms with Crippen LogP contribution in [0.15, 0.2) is 66.0 Å². The van der Waals surface area contributed by atoms with Crippen molar-refractivity contribution in [2.45, 2.75) is 23.9 Å². The van der Waals surface area contributed by atoms with E-state index < -0.39 is 5.25 Å². The second-order valence-corrected chi connectivity index (χ2v) is 8.72. The summed E-state index contributed by atoms with van der Waals surface area (Å²) in [6.07, 6.45) is 1.81. The van der Waals surface area contributed by atoms with Crippen molar-refractivity contribution in [2.24, 2.45) is 0 Å². The quantitative estimate of drug-likeness (QED) is 0.336. The number of benzene rings is 2. The summed E-state index contributed by atoms with van der Waals surface area (Å²) < 4.78 is 7.57. The van der Waals surface area contributed by atoms with E-state index in [-0.39, 0.29) is 5.78 Å². The molecule has 2 aromatic carbocycles. The van der Waals surface area contributed by atoms with Crippen LogP contribution in [-0.2, 0) is 11.3 Å². The van der Waals surface area contributed by atoms with E-state index in [2.05, 4.69) is 31.6 Å². The van der Waals surface area contributed by atoms with Crippen molar-refractivity contribution < 1.29 is 9.53 Å². The summed E-state index contributed by atoms with van der Waals surface area (Å²) in [6, 6.07) is 17.8. The van der Waals surface area contributed by atoms with Gasteiger partial charge in [0.25, 0.3) is 0 Å². The largest absolute Gasteiger partial charge is 0.378 e. The molecule has 0 spiro atoms. The van der Waals surface area contributed by atoms with Crippen LogP contribution >= 0.6 is 11.8 Å². The molecule has 1 saturated heterocycles. The third kappa shape index (κ3) is 3.91. The third-order valence-electron chi connectivity index (χ3n) is 5.73. The Morgan fingerprint density at radius 1 is 1.09 bits per heavy atom. The number of Topliss-reactive ketones (excluding diaryl/α,β-unsaturated/α-hetero) is 1. The number of H-pyrrole nitrogens is 1. The first-order chi connectivity index (χ1) is 15.8. The van der Waals surface area contributed by atoms with Crippen molar-refractivity contribution in [1.29, 1.82) is 0 Å². The molecule has 0 saturated carbocycles. The zero-order chi connectivity index (χ0) is 21.9. The number of aromatic amines is 1. The number of hydrogen-bond acceptors (Lipinski definition) is 6. The number of nitrogens with zero attached hydrogens (tertiary/aromatic N) is 4. The Balaban J connectivity index is 1.51. The molecule has 0 aliphatic carbocycles. The Kier molecular flexibility index (Phi) is 5.96. The van der Waals surface area contributed by atoms with Gasteiger partial charge in [0.15, 0.2) is 10.9 Å². The predicted octanol–water partition coefficient (Wildman–Crippen LogP) is 4.33. The Hall–Kier alpha value is -3.10. The van der Waals surface area contributed by atoms with E-state index in [1.54, 1.807) is 0 Å². The molecule has 164 valence electrons. The number of nitrogens with one attached hydrogen (secondary N) is 1. The predicted molar refractivity (Wildman–Crippen MR) is 126 cm³/mol. The minimum absolute atomic E-state index is 0.0530. The molecule has 1 N–H and O–H groups in total. The summed E-state index contributed by atoms with van der Waals surface area (Å²) in [5, 5.41) is 10.2. The van der Waals surface area contributed by atoms with Crippen LogP contribution in [0.1, 0.15) is 28.1 Å². The molecule has 0 amide bonds. The van der Waals surface area contributed by atoms with Crippen molar-refractivity contribution >= 4 is 34.4 Å². The number of thioether (sulfide) groups is 1. The van der Waals surface area contributed by atoms with Crippen LogP contribution < -0.4 is 4.90 Å². The fraction of sp³-hybridized carbons (Fsp3) is 0.292. The lowest BCUT2D eigenvalue weighted by Gasteiger charge is -2.27. The summed E-state index contributed by atoms with van der Waals surface area (Å²) in [6.45, 7) is 5.76. The highest BCUT2D eigenvalue weighted by Gasteiger charge is 2.29. The molecule has 1 fully saturated rings. The van der Waals surface area contributed by atoms with Crippen molar-refractivity contribution in [2.75, 3.05) is 31.2 Å². The Morgan fingerprint density at radius 2 is 1.84 bits per heavy atom. The highest BCUT2D eigenvalue weighted by molar-refractivity contribution is 8.00. The molecule has 3 heterocycles. The molecule has 1 atom stereocenters. The van der Waals surface area contributed by atoms with E-state index in [0.717, 1.165) is 47.2 Å². The molecule has 5 rings (SSSR count). The van der Waals surface area contributed by atoms with Gasteiger partial charge in [0, 0.05) is 42.3 Å². The number of carbonyl (C=O) groups is 1. The number of ketones is 1. The van der Waals surface area contributed by atoms with Crippen molar-refractivity contribution in [1.82, 2.24) is 19.7 Å². The van der Waals surface area contributed by atoms with E-state index in [9.17, 15) is 4.79 Å². The third-order valence-corrected chi connectivity index (χ3v) is 6.96. The van der Waals surface area contributed by atoms with Gasteiger partial charge in [0.2, 0.25) is 5.95 Å². The molecule has 1 aliphatic heterocycles. The molecule has 4 aromatic rings. The minimum atomic E-state index is -0.428. The van der Waals surface area contributed by atoms with E-state index in [1.807, 2.05) is 60.8 Å². The van der Waals surface area contributed by atoms with Crippen molar-refractivity contribution in [3.8, 4) is 0 Å². The van der Waals surface area contributed by atoms with E-state index in [0.29, 0.717) is 18.8 Å². The number of rotatable bonds is 7. The summed E-state index contributed by atoms with van der Waals surface area (Å²) >= 11 is 1.46. The standard InChI is InChI=1S/C24H25N5O2S/c1-2-29-23(28-12-14-31-15-13-28)26-27-24(29)32-22(17-8-4-3-5-9-17)21(30)19-16-25-20-11-7-6-10-18(19)20/h3-11,16,22,25H,2,12-15H2,1H3/t22-/m0/s1. The Labute approximate surface area is 190 Å². The van der Waals surface area contributed by atoms with Gasteiger partial charge in [-0.2, -0.15) is 0 Å². The molecule has 2 aromatic heterocycles. The molecule has 0 radical (unpaired) electrons. The average molecular weight is 448 g/mol. The molecule has 0 bridgehead atoms. The molecular weight excluding hydrogens is 422 g/mol. The van der Waals surface area contributed by atoms with Gasteiger partial charge < -0.3 is 14.6 Å². The lowest BCUT2D eigenvalue weighted by molar-refractivity contribution is 0.0991.